The molecule has 6 nitrogen and oxygen atoms in total. The number of hydrogen-bond donors (Lipinski definition) is 2. The van der Waals surface area contributed by atoms with Gasteiger partial charge in [0, 0.05) is 8.95 Å². The van der Waals surface area contributed by atoms with Crippen molar-refractivity contribution in [3.05, 3.63) is 56.5 Å². The minimum atomic E-state index is -0.639. The molecule has 2 saturated heterocycles. The Kier molecular flexibility index (Phi) is 5.46. The summed E-state index contributed by atoms with van der Waals surface area (Å²) < 4.78 is 25.1. The molecule has 0 aliphatic carbocycles. The van der Waals surface area contributed by atoms with Crippen LogP contribution < -0.4 is 0 Å². The SMILES string of the molecule is Oc1ccc(Br)cc1C1OCC2(CO1)COC(c1cc(Br)ccc1O)OC2. The molecule has 0 unspecified atom stereocenters. The third kappa shape index (κ3) is 4.01. The van der Waals surface area contributed by atoms with Crippen molar-refractivity contribution in [2.24, 2.45) is 5.41 Å². The molecule has 2 N–H and O–H groups in total. The highest BCUT2D eigenvalue weighted by atomic mass is 79.9. The minimum absolute atomic E-state index is 0.125. The molecule has 27 heavy (non-hydrogen) atoms. The Bertz CT molecular complexity index is 754. The van der Waals surface area contributed by atoms with E-state index in [2.05, 4.69) is 31.9 Å². The topological polar surface area (TPSA) is 77.4 Å². The zero-order valence-electron chi connectivity index (χ0n) is 14.2. The smallest absolute Gasteiger partial charge is 0.187 e. The molecule has 2 aromatic rings. The van der Waals surface area contributed by atoms with Crippen LogP contribution >= 0.6 is 31.9 Å². The number of benzene rings is 2. The number of phenolic OH excluding ortho intramolecular Hbond substituents is 2. The Balaban J connectivity index is 1.40. The standard InChI is InChI=1S/C19H18Br2O6/c20-11-1-3-15(22)13(5-11)17-24-7-19(8-25-17)9-26-18(27-10-19)14-6-12(21)2-4-16(14)23/h1-6,17-18,22-23H,7-10H2. The van der Waals surface area contributed by atoms with Crippen LogP contribution in [0.3, 0.4) is 0 Å². The second kappa shape index (κ2) is 7.69. The van der Waals surface area contributed by atoms with E-state index in [1.807, 2.05) is 0 Å². The molecule has 0 aromatic heterocycles. The van der Waals surface area contributed by atoms with Crippen LogP contribution in [-0.2, 0) is 18.9 Å². The molecule has 0 atom stereocenters. The molecule has 2 heterocycles. The van der Waals surface area contributed by atoms with Gasteiger partial charge in [-0.1, -0.05) is 31.9 Å². The molecule has 4 rings (SSSR count). The Morgan fingerprint density at radius 2 is 1.07 bits per heavy atom. The van der Waals surface area contributed by atoms with Crippen molar-refractivity contribution in [1.82, 2.24) is 0 Å². The Hall–Kier alpha value is -1.16. The van der Waals surface area contributed by atoms with E-state index in [-0.39, 0.29) is 11.5 Å². The highest BCUT2D eigenvalue weighted by Gasteiger charge is 2.43. The lowest BCUT2D eigenvalue weighted by molar-refractivity contribution is -0.308. The summed E-state index contributed by atoms with van der Waals surface area (Å²) in [5.41, 5.74) is 0.735. The fourth-order valence-corrected chi connectivity index (χ4v) is 3.90. The second-order valence-corrected chi connectivity index (χ2v) is 8.65. The molecule has 2 aliphatic heterocycles. The predicted octanol–water partition coefficient (Wildman–Crippen LogP) is 4.40. The highest BCUT2D eigenvalue weighted by molar-refractivity contribution is 9.10. The van der Waals surface area contributed by atoms with Gasteiger partial charge in [0.05, 0.1) is 43.0 Å². The molecule has 0 amide bonds. The lowest BCUT2D eigenvalue weighted by atomic mass is 9.90. The van der Waals surface area contributed by atoms with Gasteiger partial charge in [-0.25, -0.2) is 0 Å². The molecule has 0 radical (unpaired) electrons. The maximum atomic E-state index is 10.0. The van der Waals surface area contributed by atoms with Crippen LogP contribution in [0.1, 0.15) is 23.7 Å². The van der Waals surface area contributed by atoms with E-state index in [1.54, 1.807) is 36.4 Å². The second-order valence-electron chi connectivity index (χ2n) is 6.81. The van der Waals surface area contributed by atoms with Crippen molar-refractivity contribution in [3.8, 4) is 11.5 Å². The maximum absolute atomic E-state index is 10.0. The van der Waals surface area contributed by atoms with Gasteiger partial charge in [0.15, 0.2) is 12.6 Å². The summed E-state index contributed by atoms with van der Waals surface area (Å²) in [4.78, 5) is 0. The summed E-state index contributed by atoms with van der Waals surface area (Å²) in [6.45, 7) is 1.50. The quantitative estimate of drug-likeness (QED) is 0.635. The molecule has 144 valence electrons. The summed E-state index contributed by atoms with van der Waals surface area (Å²) in [6.07, 6.45) is -1.28. The Labute approximate surface area is 173 Å². The van der Waals surface area contributed by atoms with E-state index in [4.69, 9.17) is 18.9 Å². The van der Waals surface area contributed by atoms with Crippen LogP contribution in [0, 0.1) is 5.41 Å². The number of ether oxygens (including phenoxy) is 4. The van der Waals surface area contributed by atoms with Gasteiger partial charge in [-0.15, -0.1) is 0 Å². The van der Waals surface area contributed by atoms with Gasteiger partial charge in [0.25, 0.3) is 0 Å². The zero-order valence-corrected chi connectivity index (χ0v) is 17.4. The summed E-state index contributed by atoms with van der Waals surface area (Å²) in [6, 6.07) is 10.2. The molecule has 2 aliphatic rings. The highest BCUT2D eigenvalue weighted by Crippen LogP contribution is 2.41. The van der Waals surface area contributed by atoms with Gasteiger partial charge in [-0.3, -0.25) is 0 Å². The van der Waals surface area contributed by atoms with Crippen LogP contribution in [-0.4, -0.2) is 36.6 Å². The largest absolute Gasteiger partial charge is 0.507 e. The van der Waals surface area contributed by atoms with Crippen molar-refractivity contribution >= 4 is 31.9 Å². The summed E-state index contributed by atoms with van der Waals surface area (Å²) in [7, 11) is 0. The first kappa shape index (κ1) is 19.2. The minimum Gasteiger partial charge on any atom is -0.507 e. The van der Waals surface area contributed by atoms with E-state index < -0.39 is 18.0 Å². The number of aromatic hydroxyl groups is 2. The summed E-state index contributed by atoms with van der Waals surface area (Å²) >= 11 is 6.77. The molecular formula is C19H18Br2O6. The molecular weight excluding hydrogens is 484 g/mol. The fraction of sp³-hybridized carbons (Fsp3) is 0.368. The number of phenols is 2. The van der Waals surface area contributed by atoms with Gasteiger partial charge >= 0.3 is 0 Å². The van der Waals surface area contributed by atoms with Crippen molar-refractivity contribution in [3.63, 3.8) is 0 Å². The average Bonchev–Trinajstić information content (AvgIpc) is 2.67. The predicted molar refractivity (Wildman–Crippen MR) is 103 cm³/mol. The lowest BCUT2D eigenvalue weighted by Crippen LogP contribution is -2.49. The summed E-state index contributed by atoms with van der Waals surface area (Å²) in [5.74, 6) is 0.251. The fourth-order valence-electron chi connectivity index (χ4n) is 3.14. The molecule has 2 aromatic carbocycles. The van der Waals surface area contributed by atoms with E-state index >= 15 is 0 Å². The monoisotopic (exact) mass is 500 g/mol. The number of hydrogen-bond acceptors (Lipinski definition) is 6. The first-order valence-corrected chi connectivity index (χ1v) is 9.98. The molecule has 8 heteroatoms. The first-order valence-electron chi connectivity index (χ1n) is 8.39. The normalized spacial score (nSPS) is 28.4. The van der Waals surface area contributed by atoms with E-state index in [9.17, 15) is 10.2 Å². The molecule has 1 spiro atoms. The van der Waals surface area contributed by atoms with Crippen LogP contribution in [0.4, 0.5) is 0 Å². The molecule has 2 fully saturated rings. The summed E-state index contributed by atoms with van der Waals surface area (Å²) in [5, 5.41) is 20.1. The van der Waals surface area contributed by atoms with Crippen LogP contribution in [0.2, 0.25) is 0 Å². The van der Waals surface area contributed by atoms with E-state index in [0.29, 0.717) is 37.6 Å². The molecule has 0 saturated carbocycles. The van der Waals surface area contributed by atoms with Gasteiger partial charge in [-0.05, 0) is 36.4 Å². The zero-order chi connectivity index (χ0) is 19.0. The Morgan fingerprint density at radius 1 is 0.704 bits per heavy atom. The van der Waals surface area contributed by atoms with Crippen LogP contribution in [0.15, 0.2) is 45.3 Å². The van der Waals surface area contributed by atoms with Gasteiger partial charge in [0.2, 0.25) is 0 Å². The van der Waals surface area contributed by atoms with Gasteiger partial charge in [-0.2, -0.15) is 0 Å². The Morgan fingerprint density at radius 3 is 1.44 bits per heavy atom. The van der Waals surface area contributed by atoms with Crippen molar-refractivity contribution in [2.45, 2.75) is 12.6 Å². The van der Waals surface area contributed by atoms with Gasteiger partial charge in [0.1, 0.15) is 11.5 Å². The van der Waals surface area contributed by atoms with Gasteiger partial charge < -0.3 is 29.2 Å². The van der Waals surface area contributed by atoms with Crippen molar-refractivity contribution in [2.75, 3.05) is 26.4 Å². The van der Waals surface area contributed by atoms with Crippen molar-refractivity contribution in [1.29, 1.82) is 0 Å². The van der Waals surface area contributed by atoms with E-state index in [1.165, 1.54) is 0 Å². The van der Waals surface area contributed by atoms with Crippen LogP contribution in [0.5, 0.6) is 11.5 Å². The van der Waals surface area contributed by atoms with Crippen molar-refractivity contribution < 1.29 is 29.2 Å². The first-order chi connectivity index (χ1) is 13.0. The molecule has 0 bridgehead atoms. The van der Waals surface area contributed by atoms with Crippen LogP contribution in [0.25, 0.3) is 0 Å². The third-order valence-corrected chi connectivity index (χ3v) is 5.64. The van der Waals surface area contributed by atoms with E-state index in [0.717, 1.165) is 8.95 Å². The third-order valence-electron chi connectivity index (χ3n) is 4.65. The maximum Gasteiger partial charge on any atom is 0.187 e. The number of rotatable bonds is 2. The lowest BCUT2D eigenvalue weighted by Gasteiger charge is -2.43. The number of halogens is 2. The average molecular weight is 502 g/mol.